The van der Waals surface area contributed by atoms with E-state index in [1.165, 1.54) is 0 Å². The molecule has 0 aromatic heterocycles. The van der Waals surface area contributed by atoms with E-state index in [0.29, 0.717) is 30.6 Å². The number of benzene rings is 1. The first kappa shape index (κ1) is 17.2. The van der Waals surface area contributed by atoms with Crippen LogP contribution in [0, 0.1) is 0 Å². The van der Waals surface area contributed by atoms with Crippen molar-refractivity contribution in [1.82, 2.24) is 5.32 Å². The Morgan fingerprint density at radius 3 is 2.52 bits per heavy atom. The lowest BCUT2D eigenvalue weighted by atomic mass is 10.00. The molecule has 0 saturated heterocycles. The fraction of sp³-hybridized carbons (Fsp3) is 0.500. The Labute approximate surface area is 126 Å². The summed E-state index contributed by atoms with van der Waals surface area (Å²) < 4.78 is 0. The molecule has 0 aliphatic heterocycles. The highest BCUT2D eigenvalue weighted by Crippen LogP contribution is 2.16. The molecule has 0 radical (unpaired) electrons. The van der Waals surface area contributed by atoms with E-state index in [1.54, 1.807) is 24.3 Å². The third-order valence-electron chi connectivity index (χ3n) is 2.98. The van der Waals surface area contributed by atoms with Gasteiger partial charge >= 0.3 is 0 Å². The fourth-order valence-electron chi connectivity index (χ4n) is 1.77. The van der Waals surface area contributed by atoms with Crippen LogP contribution in [-0.4, -0.2) is 23.9 Å². The minimum absolute atomic E-state index is 0.135. The Bertz CT molecular complexity index is 493. The highest BCUT2D eigenvalue weighted by atomic mass is 16.2. The minimum Gasteiger partial charge on any atom is -0.352 e. The van der Waals surface area contributed by atoms with Crippen molar-refractivity contribution in [2.24, 2.45) is 5.73 Å². The van der Waals surface area contributed by atoms with E-state index in [0.717, 1.165) is 6.42 Å². The van der Waals surface area contributed by atoms with Gasteiger partial charge in [0.25, 0.3) is 5.91 Å². The molecule has 21 heavy (non-hydrogen) atoms. The van der Waals surface area contributed by atoms with Crippen molar-refractivity contribution in [2.45, 2.75) is 45.6 Å². The summed E-state index contributed by atoms with van der Waals surface area (Å²) in [7, 11) is 0. The summed E-state index contributed by atoms with van der Waals surface area (Å²) in [5, 5.41) is 5.59. The smallest absolute Gasteiger partial charge is 0.253 e. The molecule has 0 heterocycles. The average molecular weight is 291 g/mol. The first-order valence-corrected chi connectivity index (χ1v) is 7.29. The number of para-hydroxylation sites is 1. The van der Waals surface area contributed by atoms with Gasteiger partial charge in [-0.25, -0.2) is 0 Å². The summed E-state index contributed by atoms with van der Waals surface area (Å²) in [6.45, 7) is 6.36. The molecule has 5 nitrogen and oxygen atoms in total. The zero-order valence-electron chi connectivity index (χ0n) is 13.0. The van der Waals surface area contributed by atoms with Crippen LogP contribution in [0.4, 0.5) is 5.69 Å². The molecular weight excluding hydrogens is 266 g/mol. The first-order valence-electron chi connectivity index (χ1n) is 7.29. The molecule has 0 unspecified atom stereocenters. The lowest BCUT2D eigenvalue weighted by Crippen LogP contribution is -2.33. The van der Waals surface area contributed by atoms with Gasteiger partial charge in [-0.05, 0) is 38.8 Å². The number of amides is 2. The SMILES string of the molecule is CCCNC(=O)c1ccccc1NC(=O)CCC(C)(C)N. The molecular formula is C16H25N3O2. The van der Waals surface area contributed by atoms with Gasteiger partial charge in [0.2, 0.25) is 5.91 Å². The van der Waals surface area contributed by atoms with Crippen molar-refractivity contribution in [3.8, 4) is 0 Å². The zero-order valence-corrected chi connectivity index (χ0v) is 13.0. The molecule has 0 saturated carbocycles. The van der Waals surface area contributed by atoms with Gasteiger partial charge in [-0.2, -0.15) is 0 Å². The highest BCUT2D eigenvalue weighted by Gasteiger charge is 2.15. The number of nitrogens with two attached hydrogens (primary N) is 1. The molecule has 116 valence electrons. The largest absolute Gasteiger partial charge is 0.352 e. The molecule has 0 atom stereocenters. The maximum Gasteiger partial charge on any atom is 0.253 e. The van der Waals surface area contributed by atoms with Gasteiger partial charge in [-0.3, -0.25) is 9.59 Å². The molecule has 1 aromatic rings. The third-order valence-corrected chi connectivity index (χ3v) is 2.98. The topological polar surface area (TPSA) is 84.2 Å². The van der Waals surface area contributed by atoms with Gasteiger partial charge in [0, 0.05) is 18.5 Å². The van der Waals surface area contributed by atoms with Crippen molar-refractivity contribution >= 4 is 17.5 Å². The van der Waals surface area contributed by atoms with Gasteiger partial charge in [0.1, 0.15) is 0 Å². The van der Waals surface area contributed by atoms with Gasteiger partial charge in [-0.15, -0.1) is 0 Å². The van der Waals surface area contributed by atoms with E-state index in [9.17, 15) is 9.59 Å². The third kappa shape index (κ3) is 6.40. The van der Waals surface area contributed by atoms with E-state index >= 15 is 0 Å². The van der Waals surface area contributed by atoms with E-state index in [4.69, 9.17) is 5.73 Å². The maximum absolute atomic E-state index is 12.0. The van der Waals surface area contributed by atoms with Gasteiger partial charge in [0.05, 0.1) is 11.3 Å². The molecule has 0 aliphatic rings. The fourth-order valence-corrected chi connectivity index (χ4v) is 1.77. The number of rotatable bonds is 7. The van der Waals surface area contributed by atoms with Crippen LogP contribution in [-0.2, 0) is 4.79 Å². The summed E-state index contributed by atoms with van der Waals surface area (Å²) in [6.07, 6.45) is 1.78. The van der Waals surface area contributed by atoms with Gasteiger partial charge < -0.3 is 16.4 Å². The summed E-state index contributed by atoms with van der Waals surface area (Å²) in [5.41, 5.74) is 6.50. The lowest BCUT2D eigenvalue weighted by Gasteiger charge is -2.18. The van der Waals surface area contributed by atoms with E-state index in [1.807, 2.05) is 20.8 Å². The van der Waals surface area contributed by atoms with Crippen LogP contribution in [0.1, 0.15) is 50.4 Å². The van der Waals surface area contributed by atoms with Crippen molar-refractivity contribution in [3.63, 3.8) is 0 Å². The summed E-state index contributed by atoms with van der Waals surface area (Å²) in [6, 6.07) is 7.00. The number of carbonyl (C=O) groups is 2. The number of hydrogen-bond donors (Lipinski definition) is 3. The van der Waals surface area contributed by atoms with Crippen LogP contribution < -0.4 is 16.4 Å². The zero-order chi connectivity index (χ0) is 15.9. The molecule has 1 aromatic carbocycles. The normalized spacial score (nSPS) is 11.0. The van der Waals surface area contributed by atoms with E-state index in [-0.39, 0.29) is 17.4 Å². The van der Waals surface area contributed by atoms with Crippen molar-refractivity contribution in [2.75, 3.05) is 11.9 Å². The van der Waals surface area contributed by atoms with Crippen LogP contribution >= 0.6 is 0 Å². The second-order valence-corrected chi connectivity index (χ2v) is 5.84. The van der Waals surface area contributed by atoms with Crippen LogP contribution in [0.2, 0.25) is 0 Å². The van der Waals surface area contributed by atoms with Crippen LogP contribution in [0.15, 0.2) is 24.3 Å². The predicted molar refractivity (Wildman–Crippen MR) is 85.2 cm³/mol. The molecule has 0 aliphatic carbocycles. The number of hydrogen-bond acceptors (Lipinski definition) is 3. The highest BCUT2D eigenvalue weighted by molar-refractivity contribution is 6.03. The van der Waals surface area contributed by atoms with E-state index < -0.39 is 0 Å². The quantitative estimate of drug-likeness (QED) is 0.720. The molecule has 4 N–H and O–H groups in total. The second kappa shape index (κ2) is 7.78. The van der Waals surface area contributed by atoms with Gasteiger partial charge in [-0.1, -0.05) is 19.1 Å². The standard InChI is InChI=1S/C16H25N3O2/c1-4-11-18-15(21)12-7-5-6-8-13(12)19-14(20)9-10-16(2,3)17/h5-8H,4,9-11,17H2,1-3H3,(H,18,21)(H,19,20). The summed E-state index contributed by atoms with van der Waals surface area (Å²) in [5.74, 6) is -0.309. The number of carbonyl (C=O) groups excluding carboxylic acids is 2. The summed E-state index contributed by atoms with van der Waals surface area (Å²) >= 11 is 0. The molecule has 0 bridgehead atoms. The Hall–Kier alpha value is -1.88. The van der Waals surface area contributed by atoms with Crippen molar-refractivity contribution < 1.29 is 9.59 Å². The van der Waals surface area contributed by atoms with E-state index in [2.05, 4.69) is 10.6 Å². The first-order chi connectivity index (χ1) is 9.83. The minimum atomic E-state index is -0.380. The number of nitrogens with one attached hydrogen (secondary N) is 2. The van der Waals surface area contributed by atoms with Crippen LogP contribution in [0.5, 0.6) is 0 Å². The molecule has 0 fully saturated rings. The van der Waals surface area contributed by atoms with Gasteiger partial charge in [0.15, 0.2) is 0 Å². The maximum atomic E-state index is 12.0. The molecule has 1 rings (SSSR count). The predicted octanol–water partition coefficient (Wildman–Crippen LogP) is 2.28. The Kier molecular flexibility index (Phi) is 6.37. The Morgan fingerprint density at radius 1 is 1.24 bits per heavy atom. The number of anilines is 1. The van der Waals surface area contributed by atoms with Crippen LogP contribution in [0.3, 0.4) is 0 Å². The summed E-state index contributed by atoms with van der Waals surface area (Å²) in [4.78, 5) is 24.0. The second-order valence-electron chi connectivity index (χ2n) is 5.84. The lowest BCUT2D eigenvalue weighted by molar-refractivity contribution is -0.116. The molecule has 0 spiro atoms. The molecule has 2 amide bonds. The Morgan fingerprint density at radius 2 is 1.90 bits per heavy atom. The van der Waals surface area contributed by atoms with Crippen molar-refractivity contribution in [1.29, 1.82) is 0 Å². The van der Waals surface area contributed by atoms with Crippen molar-refractivity contribution in [3.05, 3.63) is 29.8 Å². The Balaban J connectivity index is 2.70. The van der Waals surface area contributed by atoms with Crippen LogP contribution in [0.25, 0.3) is 0 Å². The molecule has 5 heteroatoms. The average Bonchev–Trinajstić information content (AvgIpc) is 2.42. The monoisotopic (exact) mass is 291 g/mol.